The lowest BCUT2D eigenvalue weighted by molar-refractivity contribution is -0.119. The van der Waals surface area contributed by atoms with Gasteiger partial charge in [-0.05, 0) is 50.8 Å². The lowest BCUT2D eigenvalue weighted by atomic mass is 9.82. The van der Waals surface area contributed by atoms with Crippen molar-refractivity contribution in [2.24, 2.45) is 5.92 Å². The summed E-state index contributed by atoms with van der Waals surface area (Å²) in [4.78, 5) is 12.6. The van der Waals surface area contributed by atoms with Gasteiger partial charge in [-0.3, -0.25) is 4.79 Å². The third-order valence-electron chi connectivity index (χ3n) is 4.92. The number of hydrogen-bond donors (Lipinski definition) is 1. The molecule has 2 aliphatic rings. The predicted molar refractivity (Wildman–Crippen MR) is 91.6 cm³/mol. The third kappa shape index (κ3) is 3.47. The summed E-state index contributed by atoms with van der Waals surface area (Å²) >= 11 is 0. The van der Waals surface area contributed by atoms with Gasteiger partial charge >= 0.3 is 0 Å². The number of rotatable bonds is 2. The van der Waals surface area contributed by atoms with E-state index < -0.39 is 0 Å². The Morgan fingerprint density at radius 1 is 1.30 bits per heavy atom. The van der Waals surface area contributed by atoms with Gasteiger partial charge in [-0.25, -0.2) is 0 Å². The zero-order chi connectivity index (χ0) is 16.4. The molecule has 1 saturated carbocycles. The maximum atomic E-state index is 12.6. The summed E-state index contributed by atoms with van der Waals surface area (Å²) in [6.07, 6.45) is 8.29. The normalized spacial score (nSPS) is 22.0. The summed E-state index contributed by atoms with van der Waals surface area (Å²) in [6, 6.07) is 7.96. The molecule has 1 N–H and O–H groups in total. The number of fused-ring (bicyclic) bond motifs is 1. The molecule has 0 amide bonds. The first-order valence-electron chi connectivity index (χ1n) is 8.56. The Balaban J connectivity index is 1.94. The molecule has 1 aromatic rings. The average molecular weight is 308 g/mol. The second-order valence-corrected chi connectivity index (χ2v) is 7.46. The van der Waals surface area contributed by atoms with E-state index in [0.29, 0.717) is 5.56 Å². The topological polar surface area (TPSA) is 52.9 Å². The highest BCUT2D eigenvalue weighted by Gasteiger charge is 2.29. The quantitative estimate of drug-likeness (QED) is 0.841. The average Bonchev–Trinajstić information content (AvgIpc) is 2.54. The second kappa shape index (κ2) is 6.20. The molecule has 0 spiro atoms. The van der Waals surface area contributed by atoms with Crippen LogP contribution in [-0.2, 0) is 11.2 Å². The number of nitrogens with one attached hydrogen (secondary N) is 1. The van der Waals surface area contributed by atoms with E-state index >= 15 is 0 Å². The van der Waals surface area contributed by atoms with Crippen LogP contribution >= 0.6 is 0 Å². The van der Waals surface area contributed by atoms with Crippen molar-refractivity contribution in [1.82, 2.24) is 5.32 Å². The van der Waals surface area contributed by atoms with E-state index in [1.165, 1.54) is 19.3 Å². The fraction of sp³-hybridized carbons (Fsp3) is 0.500. The molecule has 3 heteroatoms. The van der Waals surface area contributed by atoms with Crippen LogP contribution in [0.15, 0.2) is 24.3 Å². The largest absolute Gasteiger partial charge is 0.379 e. The van der Waals surface area contributed by atoms with Crippen LogP contribution in [0, 0.1) is 17.2 Å². The molecule has 0 bridgehead atoms. The van der Waals surface area contributed by atoms with Gasteiger partial charge in [0, 0.05) is 28.8 Å². The van der Waals surface area contributed by atoms with Crippen molar-refractivity contribution in [1.29, 1.82) is 5.26 Å². The lowest BCUT2D eigenvalue weighted by Gasteiger charge is -2.36. The Bertz CT molecular complexity index is 688. The van der Waals surface area contributed by atoms with Gasteiger partial charge in [-0.15, -0.1) is 0 Å². The van der Waals surface area contributed by atoms with Gasteiger partial charge in [0.25, 0.3) is 0 Å². The molecule has 3 rings (SSSR count). The van der Waals surface area contributed by atoms with Crippen molar-refractivity contribution in [3.63, 3.8) is 0 Å². The fourth-order valence-electron chi connectivity index (χ4n) is 3.79. The Labute approximate surface area is 138 Å². The molecule has 1 aliphatic heterocycles. The van der Waals surface area contributed by atoms with Crippen molar-refractivity contribution >= 4 is 11.5 Å². The summed E-state index contributed by atoms with van der Waals surface area (Å²) in [5.74, 6) is 0.435. The van der Waals surface area contributed by atoms with E-state index in [4.69, 9.17) is 5.26 Å². The third-order valence-corrected chi connectivity index (χ3v) is 4.92. The van der Waals surface area contributed by atoms with E-state index in [9.17, 15) is 4.79 Å². The first kappa shape index (κ1) is 15.8. The smallest absolute Gasteiger partial charge is 0.160 e. The first-order chi connectivity index (χ1) is 11.0. The summed E-state index contributed by atoms with van der Waals surface area (Å²) in [5.41, 5.74) is 3.69. The minimum absolute atomic E-state index is 0.111. The molecule has 0 saturated heterocycles. The predicted octanol–water partition coefficient (Wildman–Crippen LogP) is 3.97. The number of ketones is 1. The summed E-state index contributed by atoms with van der Waals surface area (Å²) < 4.78 is 0. The van der Waals surface area contributed by atoms with Gasteiger partial charge in [-0.1, -0.05) is 25.3 Å². The van der Waals surface area contributed by atoms with Gasteiger partial charge in [0.2, 0.25) is 0 Å². The number of hydrogen-bond acceptors (Lipinski definition) is 3. The molecule has 1 heterocycles. The van der Waals surface area contributed by atoms with E-state index in [2.05, 4.69) is 25.2 Å². The maximum Gasteiger partial charge on any atom is 0.160 e. The van der Waals surface area contributed by atoms with Gasteiger partial charge in [0.1, 0.15) is 0 Å². The van der Waals surface area contributed by atoms with Gasteiger partial charge in [-0.2, -0.15) is 5.26 Å². The van der Waals surface area contributed by atoms with Crippen molar-refractivity contribution in [3.8, 4) is 6.07 Å². The fourth-order valence-corrected chi connectivity index (χ4v) is 3.79. The second-order valence-electron chi connectivity index (χ2n) is 7.46. The number of nitriles is 1. The number of carbonyl (C=O) groups excluding carboxylic acids is 1. The Hall–Kier alpha value is -2.08. The molecule has 0 unspecified atom stereocenters. The SMILES string of the molecule is CC1(C)Cc2cc(C#N)ccc2/C(=C/C(=O)C2CCCCC2)N1. The number of allylic oxidation sites excluding steroid dienone is 1. The lowest BCUT2D eigenvalue weighted by Crippen LogP contribution is -2.44. The van der Waals surface area contributed by atoms with E-state index in [1.54, 1.807) is 0 Å². The van der Waals surface area contributed by atoms with Crippen molar-refractivity contribution in [2.75, 3.05) is 0 Å². The summed E-state index contributed by atoms with van der Waals surface area (Å²) in [7, 11) is 0. The van der Waals surface area contributed by atoms with E-state index in [-0.39, 0.29) is 17.2 Å². The molecule has 3 nitrogen and oxygen atoms in total. The minimum atomic E-state index is -0.111. The maximum absolute atomic E-state index is 12.6. The van der Waals surface area contributed by atoms with Crippen molar-refractivity contribution < 1.29 is 4.79 Å². The number of carbonyl (C=O) groups is 1. The molecule has 1 fully saturated rings. The van der Waals surface area contributed by atoms with E-state index in [1.807, 2.05) is 24.3 Å². The summed E-state index contributed by atoms with van der Waals surface area (Å²) in [6.45, 7) is 4.27. The highest BCUT2D eigenvalue weighted by molar-refractivity contribution is 5.98. The van der Waals surface area contributed by atoms with Crippen LogP contribution < -0.4 is 5.32 Å². The zero-order valence-corrected chi connectivity index (χ0v) is 14.0. The molecule has 0 aromatic heterocycles. The van der Waals surface area contributed by atoms with Crippen LogP contribution in [-0.4, -0.2) is 11.3 Å². The Kier molecular flexibility index (Phi) is 4.26. The standard InChI is InChI=1S/C20H24N2O/c1-20(2)12-16-10-14(13-21)8-9-17(16)18(22-20)11-19(23)15-6-4-3-5-7-15/h8-11,15,22H,3-7,12H2,1-2H3/b18-11-. The first-order valence-corrected chi connectivity index (χ1v) is 8.56. The van der Waals surface area contributed by atoms with Gasteiger partial charge in [0.05, 0.1) is 11.6 Å². The monoisotopic (exact) mass is 308 g/mol. The zero-order valence-electron chi connectivity index (χ0n) is 14.0. The molecular formula is C20H24N2O. The minimum Gasteiger partial charge on any atom is -0.379 e. The van der Waals surface area contributed by atoms with Crippen molar-refractivity contribution in [3.05, 3.63) is 41.0 Å². The van der Waals surface area contributed by atoms with E-state index in [0.717, 1.165) is 36.1 Å². The molecule has 1 aliphatic carbocycles. The molecule has 0 radical (unpaired) electrons. The molecule has 1 aromatic carbocycles. The molecule has 0 atom stereocenters. The highest BCUT2D eigenvalue weighted by Crippen LogP contribution is 2.32. The summed E-state index contributed by atoms with van der Waals surface area (Å²) in [5, 5.41) is 12.6. The van der Waals surface area contributed by atoms with Gasteiger partial charge < -0.3 is 5.32 Å². The van der Waals surface area contributed by atoms with Crippen LogP contribution in [0.25, 0.3) is 5.70 Å². The van der Waals surface area contributed by atoms with Crippen LogP contribution in [0.5, 0.6) is 0 Å². The van der Waals surface area contributed by atoms with Crippen LogP contribution in [0.2, 0.25) is 0 Å². The Morgan fingerprint density at radius 3 is 2.74 bits per heavy atom. The van der Waals surface area contributed by atoms with Gasteiger partial charge in [0.15, 0.2) is 5.78 Å². The molecule has 23 heavy (non-hydrogen) atoms. The Morgan fingerprint density at radius 2 is 2.04 bits per heavy atom. The number of nitrogens with zero attached hydrogens (tertiary/aromatic N) is 1. The van der Waals surface area contributed by atoms with Crippen molar-refractivity contribution in [2.45, 2.75) is 57.9 Å². The molecule has 120 valence electrons. The molecular weight excluding hydrogens is 284 g/mol. The van der Waals surface area contributed by atoms with Crippen LogP contribution in [0.4, 0.5) is 0 Å². The van der Waals surface area contributed by atoms with Crippen LogP contribution in [0.3, 0.4) is 0 Å². The van der Waals surface area contributed by atoms with Crippen LogP contribution in [0.1, 0.15) is 62.6 Å². The highest BCUT2D eigenvalue weighted by atomic mass is 16.1. The number of benzene rings is 1.